The molecule has 2 nitrogen and oxygen atoms in total. The van der Waals surface area contributed by atoms with Crippen molar-refractivity contribution in [3.8, 4) is 0 Å². The molecular weight excluding hydrogens is 359 g/mol. The van der Waals surface area contributed by atoms with Gasteiger partial charge >= 0.3 is 0 Å². The normalized spacial score (nSPS) is 20.8. The molecule has 2 heterocycles. The summed E-state index contributed by atoms with van der Waals surface area (Å²) in [5, 5.41) is 0. The summed E-state index contributed by atoms with van der Waals surface area (Å²) in [6, 6.07) is 17.8. The molecule has 0 aromatic heterocycles. The topological polar surface area (TPSA) is 6.48 Å². The summed E-state index contributed by atoms with van der Waals surface area (Å²) in [7, 11) is 0. The van der Waals surface area contributed by atoms with Gasteiger partial charge in [0.05, 0.1) is 0 Å². The van der Waals surface area contributed by atoms with Gasteiger partial charge in [-0.15, -0.1) is 0 Å². The third-order valence-electron chi connectivity index (χ3n) is 4.38. The first-order valence-corrected chi connectivity index (χ1v) is 8.27. The lowest BCUT2D eigenvalue weighted by molar-refractivity contribution is 0.581. The molecule has 102 valence electrons. The fourth-order valence-electron chi connectivity index (χ4n) is 3.46. The average Bonchev–Trinajstić information content (AvgIpc) is 2.97. The molecule has 0 spiro atoms. The van der Waals surface area contributed by atoms with Crippen LogP contribution < -0.4 is 9.80 Å². The van der Waals surface area contributed by atoms with Gasteiger partial charge in [0.25, 0.3) is 0 Å². The van der Waals surface area contributed by atoms with E-state index in [9.17, 15) is 0 Å². The molecule has 3 heteroatoms. The first kappa shape index (κ1) is 12.5. The van der Waals surface area contributed by atoms with E-state index in [1.54, 1.807) is 0 Å². The standard InChI is InChI=1S/C17H17IN2/c18-14-7-9-15(10-8-14)20-12-13-4-1-2-5-16(13)19-11-3-6-17(19)20/h1-2,4-5,7-10,17H,3,6,11-12H2. The molecule has 2 aromatic carbocycles. The number of nitrogens with zero attached hydrogens (tertiary/aromatic N) is 2. The van der Waals surface area contributed by atoms with E-state index in [4.69, 9.17) is 0 Å². The van der Waals surface area contributed by atoms with E-state index in [1.807, 2.05) is 0 Å². The molecule has 2 aliphatic heterocycles. The van der Waals surface area contributed by atoms with Gasteiger partial charge in [-0.3, -0.25) is 0 Å². The van der Waals surface area contributed by atoms with Crippen molar-refractivity contribution in [2.24, 2.45) is 0 Å². The molecule has 1 saturated heterocycles. The molecule has 0 amide bonds. The summed E-state index contributed by atoms with van der Waals surface area (Å²) in [5.74, 6) is 0. The molecule has 1 fully saturated rings. The third-order valence-corrected chi connectivity index (χ3v) is 5.10. The van der Waals surface area contributed by atoms with Gasteiger partial charge in [0.2, 0.25) is 0 Å². The van der Waals surface area contributed by atoms with Crippen molar-refractivity contribution >= 4 is 34.0 Å². The van der Waals surface area contributed by atoms with Crippen LogP contribution in [0.25, 0.3) is 0 Å². The van der Waals surface area contributed by atoms with E-state index < -0.39 is 0 Å². The maximum atomic E-state index is 2.58. The van der Waals surface area contributed by atoms with Crippen LogP contribution in [-0.4, -0.2) is 12.7 Å². The highest BCUT2D eigenvalue weighted by Gasteiger charge is 2.35. The molecule has 1 atom stereocenters. The van der Waals surface area contributed by atoms with Gasteiger partial charge in [0.1, 0.15) is 6.17 Å². The zero-order valence-corrected chi connectivity index (χ0v) is 13.5. The summed E-state index contributed by atoms with van der Waals surface area (Å²) >= 11 is 2.37. The fourth-order valence-corrected chi connectivity index (χ4v) is 3.82. The SMILES string of the molecule is Ic1ccc(N2Cc3ccccc3N3CCCC23)cc1. The highest BCUT2D eigenvalue weighted by Crippen LogP contribution is 2.38. The zero-order chi connectivity index (χ0) is 13.5. The van der Waals surface area contributed by atoms with Crippen LogP contribution in [0.3, 0.4) is 0 Å². The predicted molar refractivity (Wildman–Crippen MR) is 92.2 cm³/mol. The maximum absolute atomic E-state index is 2.58. The number of hydrogen-bond donors (Lipinski definition) is 0. The van der Waals surface area contributed by atoms with Crippen LogP contribution in [-0.2, 0) is 6.54 Å². The number of hydrogen-bond acceptors (Lipinski definition) is 2. The monoisotopic (exact) mass is 376 g/mol. The predicted octanol–water partition coefficient (Wildman–Crippen LogP) is 4.24. The van der Waals surface area contributed by atoms with Crippen LogP contribution in [0, 0.1) is 3.57 Å². The minimum Gasteiger partial charge on any atom is -0.351 e. The van der Waals surface area contributed by atoms with Crippen LogP contribution in [0.5, 0.6) is 0 Å². The Bertz CT molecular complexity index is 623. The largest absolute Gasteiger partial charge is 0.351 e. The third kappa shape index (κ3) is 1.99. The fraction of sp³-hybridized carbons (Fsp3) is 0.294. The Kier molecular flexibility index (Phi) is 3.10. The van der Waals surface area contributed by atoms with Crippen molar-refractivity contribution < 1.29 is 0 Å². The number of anilines is 2. The zero-order valence-electron chi connectivity index (χ0n) is 11.3. The summed E-state index contributed by atoms with van der Waals surface area (Å²) in [5.41, 5.74) is 4.23. The van der Waals surface area contributed by atoms with Crippen molar-refractivity contribution in [3.05, 3.63) is 57.7 Å². The lowest BCUT2D eigenvalue weighted by atomic mass is 10.1. The minimum absolute atomic E-state index is 0.532. The van der Waals surface area contributed by atoms with Crippen molar-refractivity contribution in [1.29, 1.82) is 0 Å². The van der Waals surface area contributed by atoms with E-state index in [2.05, 4.69) is 80.9 Å². The first-order chi connectivity index (χ1) is 9.83. The lowest BCUT2D eigenvalue weighted by Crippen LogP contribution is -2.48. The van der Waals surface area contributed by atoms with Gasteiger partial charge < -0.3 is 9.80 Å². The van der Waals surface area contributed by atoms with Gasteiger partial charge in [-0.25, -0.2) is 0 Å². The van der Waals surface area contributed by atoms with Crippen LogP contribution >= 0.6 is 22.6 Å². The number of rotatable bonds is 1. The van der Waals surface area contributed by atoms with Gasteiger partial charge in [-0.05, 0) is 71.3 Å². The molecule has 4 rings (SSSR count). The molecule has 0 bridgehead atoms. The second kappa shape index (κ2) is 4.95. The number of benzene rings is 2. The summed E-state index contributed by atoms with van der Waals surface area (Å²) in [6.45, 7) is 2.21. The van der Waals surface area contributed by atoms with Gasteiger partial charge in [-0.1, -0.05) is 18.2 Å². The molecule has 0 saturated carbocycles. The number of fused-ring (bicyclic) bond motifs is 3. The van der Waals surface area contributed by atoms with E-state index >= 15 is 0 Å². The molecule has 2 aromatic rings. The van der Waals surface area contributed by atoms with Crippen LogP contribution in [0.4, 0.5) is 11.4 Å². The minimum atomic E-state index is 0.532. The van der Waals surface area contributed by atoms with Crippen molar-refractivity contribution in [2.45, 2.75) is 25.6 Å². The molecule has 1 unspecified atom stereocenters. The maximum Gasteiger partial charge on any atom is 0.102 e. The lowest BCUT2D eigenvalue weighted by Gasteiger charge is -2.43. The summed E-state index contributed by atoms with van der Waals surface area (Å²) < 4.78 is 1.30. The Hall–Kier alpha value is -1.23. The summed E-state index contributed by atoms with van der Waals surface area (Å²) in [4.78, 5) is 5.14. The van der Waals surface area contributed by atoms with E-state index in [-0.39, 0.29) is 0 Å². The number of halogens is 1. The van der Waals surface area contributed by atoms with Crippen molar-refractivity contribution in [1.82, 2.24) is 0 Å². The van der Waals surface area contributed by atoms with E-state index in [0.717, 1.165) is 6.54 Å². The van der Waals surface area contributed by atoms with Crippen molar-refractivity contribution in [3.63, 3.8) is 0 Å². The first-order valence-electron chi connectivity index (χ1n) is 7.20. The van der Waals surface area contributed by atoms with Crippen LogP contribution in [0.2, 0.25) is 0 Å². The Morgan fingerprint density at radius 1 is 0.950 bits per heavy atom. The van der Waals surface area contributed by atoms with E-state index in [1.165, 1.54) is 39.9 Å². The molecule has 20 heavy (non-hydrogen) atoms. The van der Waals surface area contributed by atoms with Gasteiger partial charge in [-0.2, -0.15) is 0 Å². The average molecular weight is 376 g/mol. The summed E-state index contributed by atoms with van der Waals surface area (Å²) in [6.07, 6.45) is 3.09. The Morgan fingerprint density at radius 3 is 2.60 bits per heavy atom. The molecule has 0 aliphatic carbocycles. The Balaban J connectivity index is 1.76. The molecule has 0 N–H and O–H groups in total. The smallest absolute Gasteiger partial charge is 0.102 e. The Morgan fingerprint density at radius 2 is 1.75 bits per heavy atom. The quantitative estimate of drug-likeness (QED) is 0.687. The van der Waals surface area contributed by atoms with Crippen LogP contribution in [0.1, 0.15) is 18.4 Å². The van der Waals surface area contributed by atoms with Crippen molar-refractivity contribution in [2.75, 3.05) is 16.3 Å². The molecular formula is C17H17IN2. The van der Waals surface area contributed by atoms with E-state index in [0.29, 0.717) is 6.17 Å². The van der Waals surface area contributed by atoms with Crippen LogP contribution in [0.15, 0.2) is 48.5 Å². The Labute approximate surface area is 133 Å². The second-order valence-electron chi connectivity index (χ2n) is 5.55. The highest BCUT2D eigenvalue weighted by molar-refractivity contribution is 14.1. The molecule has 0 radical (unpaired) electrons. The second-order valence-corrected chi connectivity index (χ2v) is 6.79. The molecule has 2 aliphatic rings. The van der Waals surface area contributed by atoms with Gasteiger partial charge in [0.15, 0.2) is 0 Å². The van der Waals surface area contributed by atoms with Gasteiger partial charge in [0, 0.05) is 28.0 Å². The highest BCUT2D eigenvalue weighted by atomic mass is 127. The number of para-hydroxylation sites is 1.